The Balaban J connectivity index is 2.08. The zero-order valence-corrected chi connectivity index (χ0v) is 10.6. The number of rotatable bonds is 5. The van der Waals surface area contributed by atoms with Crippen molar-refractivity contribution < 1.29 is 9.53 Å². The van der Waals surface area contributed by atoms with Gasteiger partial charge in [-0.15, -0.1) is 0 Å². The zero-order valence-electron chi connectivity index (χ0n) is 9.80. The van der Waals surface area contributed by atoms with Crippen LogP contribution >= 0.6 is 11.6 Å². The van der Waals surface area contributed by atoms with Gasteiger partial charge in [0.2, 0.25) is 5.24 Å². The quantitative estimate of drug-likeness (QED) is 0.763. The smallest absolute Gasteiger partial charge is 0.225 e. The van der Waals surface area contributed by atoms with E-state index in [2.05, 4.69) is 0 Å². The third-order valence-electron chi connectivity index (χ3n) is 2.51. The molecule has 0 bridgehead atoms. The molecule has 0 atom stereocenters. The summed E-state index contributed by atoms with van der Waals surface area (Å²) in [5.74, 6) is 0.745. The number of hydrogen-bond donors (Lipinski definition) is 0. The molecular formula is C15H13ClO2. The van der Waals surface area contributed by atoms with Crippen molar-refractivity contribution in [2.75, 3.05) is 6.61 Å². The van der Waals surface area contributed by atoms with Crippen LogP contribution in [0.25, 0.3) is 11.1 Å². The molecule has 0 aromatic heterocycles. The van der Waals surface area contributed by atoms with E-state index in [-0.39, 0.29) is 11.7 Å². The summed E-state index contributed by atoms with van der Waals surface area (Å²) in [5, 5.41) is -0.380. The molecule has 0 amide bonds. The van der Waals surface area contributed by atoms with Gasteiger partial charge in [0.25, 0.3) is 0 Å². The summed E-state index contributed by atoms with van der Waals surface area (Å²) < 4.78 is 5.47. The SMILES string of the molecule is O=C(Cl)CCOc1cccc(-c2ccccc2)c1. The van der Waals surface area contributed by atoms with Crippen molar-refractivity contribution in [2.45, 2.75) is 6.42 Å². The molecule has 0 radical (unpaired) electrons. The molecule has 3 heteroatoms. The number of carbonyl (C=O) groups is 1. The van der Waals surface area contributed by atoms with Crippen molar-refractivity contribution >= 4 is 16.8 Å². The summed E-state index contributed by atoms with van der Waals surface area (Å²) in [4.78, 5) is 10.6. The first-order valence-corrected chi connectivity index (χ1v) is 6.10. The molecule has 0 aliphatic heterocycles. The Kier molecular flexibility index (Phi) is 4.37. The Morgan fingerprint density at radius 3 is 2.44 bits per heavy atom. The lowest BCUT2D eigenvalue weighted by Crippen LogP contribution is -2.01. The largest absolute Gasteiger partial charge is 0.493 e. The third kappa shape index (κ3) is 3.60. The molecule has 0 N–H and O–H groups in total. The van der Waals surface area contributed by atoms with E-state index < -0.39 is 0 Å². The molecule has 0 saturated carbocycles. The van der Waals surface area contributed by atoms with E-state index in [9.17, 15) is 4.79 Å². The number of benzene rings is 2. The van der Waals surface area contributed by atoms with Gasteiger partial charge in [0, 0.05) is 0 Å². The van der Waals surface area contributed by atoms with E-state index in [0.717, 1.165) is 16.9 Å². The Hall–Kier alpha value is -1.80. The molecule has 0 heterocycles. The van der Waals surface area contributed by atoms with Crippen LogP contribution < -0.4 is 4.74 Å². The van der Waals surface area contributed by atoms with Gasteiger partial charge < -0.3 is 4.74 Å². The van der Waals surface area contributed by atoms with Gasteiger partial charge in [-0.2, -0.15) is 0 Å². The first-order chi connectivity index (χ1) is 8.75. The molecule has 2 aromatic rings. The summed E-state index contributed by atoms with van der Waals surface area (Å²) in [6, 6.07) is 17.8. The second-order valence-electron chi connectivity index (χ2n) is 3.85. The minimum Gasteiger partial charge on any atom is -0.493 e. The molecule has 0 spiro atoms. The first-order valence-electron chi connectivity index (χ1n) is 5.72. The maximum atomic E-state index is 10.6. The molecular weight excluding hydrogens is 248 g/mol. The molecule has 2 aromatic carbocycles. The maximum Gasteiger partial charge on any atom is 0.225 e. The van der Waals surface area contributed by atoms with Gasteiger partial charge in [0.1, 0.15) is 5.75 Å². The van der Waals surface area contributed by atoms with E-state index in [1.807, 2.05) is 54.6 Å². The fourth-order valence-corrected chi connectivity index (χ4v) is 1.72. The number of ether oxygens (including phenoxy) is 1. The molecule has 2 rings (SSSR count). The third-order valence-corrected chi connectivity index (χ3v) is 2.70. The summed E-state index contributed by atoms with van der Waals surface area (Å²) in [7, 11) is 0. The number of halogens is 1. The highest BCUT2D eigenvalue weighted by Crippen LogP contribution is 2.23. The minimum atomic E-state index is -0.380. The Bertz CT molecular complexity index is 523. The van der Waals surface area contributed by atoms with Gasteiger partial charge in [-0.25, -0.2) is 0 Å². The van der Waals surface area contributed by atoms with Gasteiger partial charge in [-0.05, 0) is 34.9 Å². The van der Waals surface area contributed by atoms with E-state index in [4.69, 9.17) is 16.3 Å². The van der Waals surface area contributed by atoms with Gasteiger partial charge >= 0.3 is 0 Å². The van der Waals surface area contributed by atoms with Crippen LogP contribution in [0.1, 0.15) is 6.42 Å². The van der Waals surface area contributed by atoms with Gasteiger partial charge in [0.05, 0.1) is 13.0 Å². The molecule has 0 aliphatic carbocycles. The highest BCUT2D eigenvalue weighted by Gasteiger charge is 2.01. The van der Waals surface area contributed by atoms with Crippen LogP contribution in [0.5, 0.6) is 5.75 Å². The van der Waals surface area contributed by atoms with E-state index in [1.165, 1.54) is 0 Å². The van der Waals surface area contributed by atoms with Crippen molar-refractivity contribution in [1.29, 1.82) is 0 Å². The topological polar surface area (TPSA) is 26.3 Å². The van der Waals surface area contributed by atoms with Gasteiger partial charge in [-0.1, -0.05) is 42.5 Å². The van der Waals surface area contributed by atoms with Crippen LogP contribution in [0.3, 0.4) is 0 Å². The molecule has 0 fully saturated rings. The lowest BCUT2D eigenvalue weighted by atomic mass is 10.1. The standard InChI is InChI=1S/C15H13ClO2/c16-15(17)9-10-18-14-8-4-7-13(11-14)12-5-2-1-3-6-12/h1-8,11H,9-10H2. The monoisotopic (exact) mass is 260 g/mol. The zero-order chi connectivity index (χ0) is 12.8. The Labute approximate surface area is 111 Å². The lowest BCUT2D eigenvalue weighted by molar-refractivity contribution is -0.112. The minimum absolute atomic E-state index is 0.219. The van der Waals surface area contributed by atoms with Crippen molar-refractivity contribution in [3.63, 3.8) is 0 Å². The predicted octanol–water partition coefficient (Wildman–Crippen LogP) is 3.89. The maximum absolute atomic E-state index is 10.6. The predicted molar refractivity (Wildman–Crippen MR) is 72.9 cm³/mol. The number of carbonyl (C=O) groups excluding carboxylic acids is 1. The average molecular weight is 261 g/mol. The van der Waals surface area contributed by atoms with Crippen LogP contribution in [-0.2, 0) is 4.79 Å². The summed E-state index contributed by atoms with van der Waals surface area (Å²) in [6.45, 7) is 0.306. The Morgan fingerprint density at radius 1 is 1.00 bits per heavy atom. The second-order valence-corrected chi connectivity index (χ2v) is 4.27. The van der Waals surface area contributed by atoms with Crippen LogP contribution in [0.4, 0.5) is 0 Å². The molecule has 0 saturated heterocycles. The van der Waals surface area contributed by atoms with Gasteiger partial charge in [-0.3, -0.25) is 4.79 Å². The van der Waals surface area contributed by atoms with E-state index in [0.29, 0.717) is 6.61 Å². The number of hydrogen-bond acceptors (Lipinski definition) is 2. The summed E-state index contributed by atoms with van der Waals surface area (Å²) in [5.41, 5.74) is 2.22. The molecule has 18 heavy (non-hydrogen) atoms. The summed E-state index contributed by atoms with van der Waals surface area (Å²) >= 11 is 5.25. The highest BCUT2D eigenvalue weighted by molar-refractivity contribution is 6.63. The fourth-order valence-electron chi connectivity index (χ4n) is 1.65. The summed E-state index contributed by atoms with van der Waals surface area (Å²) in [6.07, 6.45) is 0.219. The van der Waals surface area contributed by atoms with Crippen LogP contribution in [0.15, 0.2) is 54.6 Å². The normalized spacial score (nSPS) is 10.1. The molecule has 0 aliphatic rings. The molecule has 0 unspecified atom stereocenters. The van der Waals surface area contributed by atoms with Crippen LogP contribution in [0.2, 0.25) is 0 Å². The average Bonchev–Trinajstić information content (AvgIpc) is 2.40. The van der Waals surface area contributed by atoms with Crippen molar-refractivity contribution in [1.82, 2.24) is 0 Å². The van der Waals surface area contributed by atoms with Crippen LogP contribution in [0, 0.1) is 0 Å². The van der Waals surface area contributed by atoms with Gasteiger partial charge in [0.15, 0.2) is 0 Å². The second kappa shape index (κ2) is 6.22. The first kappa shape index (κ1) is 12.7. The molecule has 2 nitrogen and oxygen atoms in total. The molecule has 92 valence electrons. The van der Waals surface area contributed by atoms with E-state index >= 15 is 0 Å². The Morgan fingerprint density at radius 2 is 1.72 bits per heavy atom. The van der Waals surface area contributed by atoms with Crippen LogP contribution in [-0.4, -0.2) is 11.8 Å². The highest BCUT2D eigenvalue weighted by atomic mass is 35.5. The lowest BCUT2D eigenvalue weighted by Gasteiger charge is -2.07. The fraction of sp³-hybridized carbons (Fsp3) is 0.133. The van der Waals surface area contributed by atoms with Crippen molar-refractivity contribution in [2.24, 2.45) is 0 Å². The van der Waals surface area contributed by atoms with Crippen molar-refractivity contribution in [3.05, 3.63) is 54.6 Å². The van der Waals surface area contributed by atoms with Crippen molar-refractivity contribution in [3.8, 4) is 16.9 Å². The van der Waals surface area contributed by atoms with E-state index in [1.54, 1.807) is 0 Å².